The highest BCUT2D eigenvalue weighted by molar-refractivity contribution is 5.91. The van der Waals surface area contributed by atoms with Gasteiger partial charge in [0.1, 0.15) is 5.75 Å². The number of nitrogens with one attached hydrogen (secondary N) is 1. The molecule has 6 heteroatoms. The van der Waals surface area contributed by atoms with Gasteiger partial charge in [-0.25, -0.2) is 4.98 Å². The standard InChI is InChI=1S/C17H21N3O3/c1-20-15(12-3-5-14(22-2)6-4-12)11-18-17(20)19-16(21)13-7-9-23-10-8-13/h3-6,11,13H,7-10H2,1-2H3,(H,18,19,21). The van der Waals surface area contributed by atoms with Crippen molar-refractivity contribution in [1.82, 2.24) is 9.55 Å². The second-order valence-corrected chi connectivity index (χ2v) is 5.63. The second-order valence-electron chi connectivity index (χ2n) is 5.63. The summed E-state index contributed by atoms with van der Waals surface area (Å²) in [7, 11) is 3.54. The first kappa shape index (κ1) is 15.6. The average Bonchev–Trinajstić information content (AvgIpc) is 2.96. The Morgan fingerprint density at radius 1 is 1.30 bits per heavy atom. The predicted molar refractivity (Wildman–Crippen MR) is 87.4 cm³/mol. The molecule has 0 radical (unpaired) electrons. The van der Waals surface area contributed by atoms with Crippen molar-refractivity contribution in [1.29, 1.82) is 0 Å². The maximum Gasteiger partial charge on any atom is 0.229 e. The average molecular weight is 315 g/mol. The van der Waals surface area contributed by atoms with Gasteiger partial charge in [0.15, 0.2) is 0 Å². The van der Waals surface area contributed by atoms with Gasteiger partial charge in [-0.2, -0.15) is 0 Å². The number of nitrogens with zero attached hydrogens (tertiary/aromatic N) is 2. The van der Waals surface area contributed by atoms with Crippen LogP contribution < -0.4 is 10.1 Å². The van der Waals surface area contributed by atoms with Crippen molar-refractivity contribution in [2.24, 2.45) is 13.0 Å². The Morgan fingerprint density at radius 3 is 2.65 bits per heavy atom. The van der Waals surface area contributed by atoms with Gasteiger partial charge in [-0.3, -0.25) is 10.1 Å². The van der Waals surface area contributed by atoms with Crippen molar-refractivity contribution in [3.8, 4) is 17.0 Å². The number of aromatic nitrogens is 2. The zero-order chi connectivity index (χ0) is 16.2. The fourth-order valence-corrected chi connectivity index (χ4v) is 2.73. The number of carbonyl (C=O) groups excluding carboxylic acids is 1. The second kappa shape index (κ2) is 6.83. The monoisotopic (exact) mass is 315 g/mol. The number of hydrogen-bond donors (Lipinski definition) is 1. The normalized spacial score (nSPS) is 15.4. The first-order chi connectivity index (χ1) is 11.2. The van der Waals surface area contributed by atoms with Gasteiger partial charge in [0.25, 0.3) is 0 Å². The number of methoxy groups -OCH3 is 1. The third-order valence-corrected chi connectivity index (χ3v) is 4.20. The third kappa shape index (κ3) is 3.37. The van der Waals surface area contributed by atoms with Gasteiger partial charge in [-0.15, -0.1) is 0 Å². The van der Waals surface area contributed by atoms with Crippen molar-refractivity contribution >= 4 is 11.9 Å². The predicted octanol–water partition coefficient (Wildman–Crippen LogP) is 2.46. The quantitative estimate of drug-likeness (QED) is 0.941. The van der Waals surface area contributed by atoms with E-state index in [0.29, 0.717) is 19.2 Å². The van der Waals surface area contributed by atoms with Gasteiger partial charge in [0, 0.05) is 31.7 Å². The van der Waals surface area contributed by atoms with Gasteiger partial charge < -0.3 is 14.0 Å². The van der Waals surface area contributed by atoms with Crippen LogP contribution in [0.2, 0.25) is 0 Å². The summed E-state index contributed by atoms with van der Waals surface area (Å²) in [6, 6.07) is 7.76. The van der Waals surface area contributed by atoms with Crippen LogP contribution in [0.15, 0.2) is 30.5 Å². The molecule has 0 saturated carbocycles. The number of imidazole rings is 1. The Kier molecular flexibility index (Phi) is 4.62. The molecule has 0 atom stereocenters. The summed E-state index contributed by atoms with van der Waals surface area (Å²) < 4.78 is 12.4. The molecule has 0 bridgehead atoms. The van der Waals surface area contributed by atoms with Crippen molar-refractivity contribution in [3.63, 3.8) is 0 Å². The van der Waals surface area contributed by atoms with Crippen LogP contribution in [0.1, 0.15) is 12.8 Å². The van der Waals surface area contributed by atoms with Crippen LogP contribution in [-0.4, -0.2) is 35.8 Å². The van der Waals surface area contributed by atoms with Gasteiger partial charge in [-0.05, 0) is 37.1 Å². The van der Waals surface area contributed by atoms with E-state index in [0.717, 1.165) is 29.8 Å². The molecule has 1 amide bonds. The fourth-order valence-electron chi connectivity index (χ4n) is 2.73. The molecular weight excluding hydrogens is 294 g/mol. The van der Waals surface area contributed by atoms with E-state index in [1.54, 1.807) is 13.3 Å². The first-order valence-electron chi connectivity index (χ1n) is 7.74. The Bertz CT molecular complexity index is 673. The lowest BCUT2D eigenvalue weighted by Crippen LogP contribution is -2.29. The molecule has 6 nitrogen and oxygen atoms in total. The van der Waals surface area contributed by atoms with E-state index in [9.17, 15) is 4.79 Å². The molecule has 3 rings (SSSR count). The summed E-state index contributed by atoms with van der Waals surface area (Å²) in [5.74, 6) is 1.39. The first-order valence-corrected chi connectivity index (χ1v) is 7.74. The van der Waals surface area contributed by atoms with Crippen molar-refractivity contribution < 1.29 is 14.3 Å². The van der Waals surface area contributed by atoms with E-state index in [4.69, 9.17) is 9.47 Å². The van der Waals surface area contributed by atoms with E-state index < -0.39 is 0 Å². The highest BCUT2D eigenvalue weighted by atomic mass is 16.5. The van der Waals surface area contributed by atoms with Gasteiger partial charge in [0.2, 0.25) is 11.9 Å². The number of benzene rings is 1. The smallest absolute Gasteiger partial charge is 0.229 e. The lowest BCUT2D eigenvalue weighted by molar-refractivity contribution is -0.122. The zero-order valence-corrected chi connectivity index (χ0v) is 13.4. The minimum absolute atomic E-state index is 0.00452. The highest BCUT2D eigenvalue weighted by Crippen LogP contribution is 2.25. The molecule has 0 aliphatic carbocycles. The topological polar surface area (TPSA) is 65.4 Å². The molecule has 0 spiro atoms. The fraction of sp³-hybridized carbons (Fsp3) is 0.412. The van der Waals surface area contributed by atoms with Crippen LogP contribution in [0.25, 0.3) is 11.3 Å². The van der Waals surface area contributed by atoms with Crippen LogP contribution in [0, 0.1) is 5.92 Å². The van der Waals surface area contributed by atoms with Crippen molar-refractivity contribution in [2.45, 2.75) is 12.8 Å². The molecule has 122 valence electrons. The van der Waals surface area contributed by atoms with Gasteiger partial charge >= 0.3 is 0 Å². The zero-order valence-electron chi connectivity index (χ0n) is 13.4. The molecule has 1 aliphatic heterocycles. The summed E-state index contributed by atoms with van der Waals surface area (Å²) in [6.45, 7) is 1.30. The van der Waals surface area contributed by atoms with Gasteiger partial charge in [-0.1, -0.05) is 0 Å². The van der Waals surface area contributed by atoms with Crippen LogP contribution in [0.5, 0.6) is 5.75 Å². The molecular formula is C17H21N3O3. The SMILES string of the molecule is COc1ccc(-c2cnc(NC(=O)C3CCOCC3)n2C)cc1. The maximum absolute atomic E-state index is 12.3. The summed E-state index contributed by atoms with van der Waals surface area (Å²) in [5, 5.41) is 2.93. The molecule has 1 aromatic heterocycles. The van der Waals surface area contributed by atoms with E-state index in [1.165, 1.54) is 0 Å². The number of rotatable bonds is 4. The van der Waals surface area contributed by atoms with E-state index in [1.807, 2.05) is 35.9 Å². The van der Waals surface area contributed by atoms with Crippen LogP contribution >= 0.6 is 0 Å². The number of ether oxygens (including phenoxy) is 2. The Labute approximate surface area is 135 Å². The molecule has 1 aliphatic rings. The minimum Gasteiger partial charge on any atom is -0.497 e. The lowest BCUT2D eigenvalue weighted by Gasteiger charge is -2.21. The summed E-state index contributed by atoms with van der Waals surface area (Å²) in [6.07, 6.45) is 3.30. The number of carbonyl (C=O) groups is 1. The molecule has 1 N–H and O–H groups in total. The molecule has 2 aromatic rings. The largest absolute Gasteiger partial charge is 0.497 e. The van der Waals surface area contributed by atoms with Crippen molar-refractivity contribution in [2.75, 3.05) is 25.6 Å². The Hall–Kier alpha value is -2.34. The molecule has 2 heterocycles. The van der Waals surface area contributed by atoms with E-state index in [-0.39, 0.29) is 11.8 Å². The molecule has 23 heavy (non-hydrogen) atoms. The molecule has 1 fully saturated rings. The molecule has 1 saturated heterocycles. The molecule has 1 aromatic carbocycles. The van der Waals surface area contributed by atoms with Gasteiger partial charge in [0.05, 0.1) is 19.0 Å². The van der Waals surface area contributed by atoms with Crippen LogP contribution in [-0.2, 0) is 16.6 Å². The van der Waals surface area contributed by atoms with Crippen molar-refractivity contribution in [3.05, 3.63) is 30.5 Å². The Balaban J connectivity index is 1.74. The number of anilines is 1. The third-order valence-electron chi connectivity index (χ3n) is 4.20. The lowest BCUT2D eigenvalue weighted by atomic mass is 10.00. The van der Waals surface area contributed by atoms with E-state index >= 15 is 0 Å². The minimum atomic E-state index is 0.00452. The van der Waals surface area contributed by atoms with Crippen LogP contribution in [0.3, 0.4) is 0 Å². The highest BCUT2D eigenvalue weighted by Gasteiger charge is 2.23. The summed E-state index contributed by atoms with van der Waals surface area (Å²) >= 11 is 0. The number of amides is 1. The maximum atomic E-state index is 12.3. The van der Waals surface area contributed by atoms with E-state index in [2.05, 4.69) is 10.3 Å². The molecule has 0 unspecified atom stereocenters. The summed E-state index contributed by atoms with van der Waals surface area (Å²) in [4.78, 5) is 16.7. The number of hydrogen-bond acceptors (Lipinski definition) is 4. The van der Waals surface area contributed by atoms with Crippen LogP contribution in [0.4, 0.5) is 5.95 Å². The Morgan fingerprint density at radius 2 is 2.00 bits per heavy atom. The summed E-state index contributed by atoms with van der Waals surface area (Å²) in [5.41, 5.74) is 1.96.